The van der Waals surface area contributed by atoms with E-state index in [2.05, 4.69) is 31.4 Å². The highest BCUT2D eigenvalue weighted by molar-refractivity contribution is 7.80. The van der Waals surface area contributed by atoms with Crippen molar-refractivity contribution in [1.82, 2.24) is 10.2 Å². The summed E-state index contributed by atoms with van der Waals surface area (Å²) in [6.45, 7) is 8.62. The van der Waals surface area contributed by atoms with Crippen LogP contribution in [0.1, 0.15) is 54.3 Å². The number of hydrogen-bond acceptors (Lipinski definition) is 4. The summed E-state index contributed by atoms with van der Waals surface area (Å²) in [5.41, 5.74) is 1.85. The first-order chi connectivity index (χ1) is 15.3. The summed E-state index contributed by atoms with van der Waals surface area (Å²) in [5.74, 6) is 1.59. The maximum atomic E-state index is 12.7. The maximum Gasteiger partial charge on any atom is 0.257 e. The number of carbonyl (C=O) groups is 2. The number of carbonyl (C=O) groups excluding carboxylic acids is 2. The summed E-state index contributed by atoms with van der Waals surface area (Å²) in [4.78, 5) is 27.0. The smallest absolute Gasteiger partial charge is 0.257 e. The molecule has 0 unspecified atom stereocenters. The Hall–Kier alpha value is -2.93. The van der Waals surface area contributed by atoms with Gasteiger partial charge in [0.05, 0.1) is 6.61 Å². The molecule has 0 atom stereocenters. The summed E-state index contributed by atoms with van der Waals surface area (Å²) >= 11 is 5.26. The van der Waals surface area contributed by atoms with Gasteiger partial charge in [0.1, 0.15) is 5.75 Å². The number of amides is 2. The van der Waals surface area contributed by atoms with Gasteiger partial charge in [0.15, 0.2) is 5.11 Å². The molecular weight excluding hydrogens is 422 g/mol. The van der Waals surface area contributed by atoms with Crippen LogP contribution in [0.2, 0.25) is 0 Å². The average Bonchev–Trinajstić information content (AvgIpc) is 2.78. The highest BCUT2D eigenvalue weighted by Crippen LogP contribution is 2.19. The summed E-state index contributed by atoms with van der Waals surface area (Å²) in [7, 11) is 0. The Morgan fingerprint density at radius 1 is 1.03 bits per heavy atom. The largest absolute Gasteiger partial charge is 0.493 e. The average molecular weight is 454 g/mol. The number of rotatable bonds is 6. The van der Waals surface area contributed by atoms with Gasteiger partial charge >= 0.3 is 0 Å². The Kier molecular flexibility index (Phi) is 8.22. The summed E-state index contributed by atoms with van der Waals surface area (Å²) in [5, 5.41) is 5.85. The molecule has 1 aliphatic rings. The topological polar surface area (TPSA) is 70.7 Å². The van der Waals surface area contributed by atoms with Gasteiger partial charge in [-0.1, -0.05) is 20.8 Å². The number of nitrogens with zero attached hydrogens (tertiary/aromatic N) is 1. The van der Waals surface area contributed by atoms with Crippen LogP contribution >= 0.6 is 12.2 Å². The number of anilines is 1. The third-order valence-corrected chi connectivity index (χ3v) is 5.59. The molecule has 170 valence electrons. The molecule has 2 amide bonds. The molecule has 0 aromatic heterocycles. The van der Waals surface area contributed by atoms with Gasteiger partial charge in [0.25, 0.3) is 11.8 Å². The van der Waals surface area contributed by atoms with Crippen LogP contribution in [0, 0.1) is 11.8 Å². The predicted octanol–water partition coefficient (Wildman–Crippen LogP) is 4.72. The second kappa shape index (κ2) is 11.1. The zero-order chi connectivity index (χ0) is 23.1. The first-order valence-electron chi connectivity index (χ1n) is 11.1. The molecule has 0 aliphatic carbocycles. The molecule has 1 fully saturated rings. The Morgan fingerprint density at radius 3 is 2.22 bits per heavy atom. The number of hydrogen-bond donors (Lipinski definition) is 2. The second-order valence-electron chi connectivity index (χ2n) is 8.69. The van der Waals surface area contributed by atoms with Crippen LogP contribution in [0.5, 0.6) is 5.75 Å². The van der Waals surface area contributed by atoms with Crippen molar-refractivity contribution in [3.63, 3.8) is 0 Å². The molecule has 0 spiro atoms. The maximum absolute atomic E-state index is 12.7. The van der Waals surface area contributed by atoms with E-state index < -0.39 is 0 Å². The Balaban J connectivity index is 1.50. The molecule has 7 heteroatoms. The summed E-state index contributed by atoms with van der Waals surface area (Å²) < 4.78 is 5.64. The van der Waals surface area contributed by atoms with E-state index in [1.54, 1.807) is 48.5 Å². The zero-order valence-electron chi connectivity index (χ0n) is 18.9. The molecule has 0 radical (unpaired) electrons. The lowest BCUT2D eigenvalue weighted by molar-refractivity contribution is 0.0697. The van der Waals surface area contributed by atoms with Gasteiger partial charge in [-0.2, -0.15) is 0 Å². The van der Waals surface area contributed by atoms with Crippen molar-refractivity contribution in [3.05, 3.63) is 59.7 Å². The SMILES string of the molecule is CC(C)COc1ccc(C(=O)NC(=S)Nc2ccc(C(=O)N3CCC(C)CC3)cc2)cc1. The quantitative estimate of drug-likeness (QED) is 0.620. The lowest BCUT2D eigenvalue weighted by atomic mass is 9.98. The van der Waals surface area contributed by atoms with Crippen molar-refractivity contribution in [1.29, 1.82) is 0 Å². The molecule has 0 bridgehead atoms. The number of ether oxygens (including phenoxy) is 1. The van der Waals surface area contributed by atoms with E-state index in [9.17, 15) is 9.59 Å². The Bertz CT molecular complexity index is 934. The van der Waals surface area contributed by atoms with Crippen molar-refractivity contribution >= 4 is 34.8 Å². The van der Waals surface area contributed by atoms with E-state index >= 15 is 0 Å². The van der Waals surface area contributed by atoms with Gasteiger partial charge < -0.3 is 15.0 Å². The summed E-state index contributed by atoms with van der Waals surface area (Å²) in [6, 6.07) is 14.1. The van der Waals surface area contributed by atoms with Gasteiger partial charge in [-0.25, -0.2) is 0 Å². The van der Waals surface area contributed by atoms with Crippen LogP contribution in [0.15, 0.2) is 48.5 Å². The van der Waals surface area contributed by atoms with Crippen molar-refractivity contribution in [3.8, 4) is 5.75 Å². The third kappa shape index (κ3) is 6.79. The number of thiocarbonyl (C=S) groups is 1. The molecule has 1 heterocycles. The van der Waals surface area contributed by atoms with Gasteiger partial charge in [-0.05, 0) is 85.4 Å². The number of benzene rings is 2. The Morgan fingerprint density at radius 2 is 1.62 bits per heavy atom. The van der Waals surface area contributed by atoms with Crippen LogP contribution < -0.4 is 15.4 Å². The van der Waals surface area contributed by atoms with E-state index in [-0.39, 0.29) is 16.9 Å². The molecule has 1 aliphatic heterocycles. The lowest BCUT2D eigenvalue weighted by Gasteiger charge is -2.30. The van der Waals surface area contributed by atoms with Crippen molar-refractivity contribution < 1.29 is 14.3 Å². The van der Waals surface area contributed by atoms with Crippen molar-refractivity contribution in [2.24, 2.45) is 11.8 Å². The second-order valence-corrected chi connectivity index (χ2v) is 9.10. The van der Waals surface area contributed by atoms with Gasteiger partial charge in [-0.15, -0.1) is 0 Å². The zero-order valence-corrected chi connectivity index (χ0v) is 19.7. The van der Waals surface area contributed by atoms with Gasteiger partial charge in [0, 0.05) is 29.9 Å². The molecule has 1 saturated heterocycles. The van der Waals surface area contributed by atoms with E-state index in [1.807, 2.05) is 4.90 Å². The lowest BCUT2D eigenvalue weighted by Crippen LogP contribution is -2.37. The normalized spacial score (nSPS) is 14.2. The fourth-order valence-corrected chi connectivity index (χ4v) is 3.60. The monoisotopic (exact) mass is 453 g/mol. The third-order valence-electron chi connectivity index (χ3n) is 5.39. The van der Waals surface area contributed by atoms with E-state index in [1.165, 1.54) is 0 Å². The van der Waals surface area contributed by atoms with Crippen molar-refractivity contribution in [2.45, 2.75) is 33.6 Å². The van der Waals surface area contributed by atoms with E-state index in [4.69, 9.17) is 17.0 Å². The highest BCUT2D eigenvalue weighted by Gasteiger charge is 2.21. The summed E-state index contributed by atoms with van der Waals surface area (Å²) in [6.07, 6.45) is 2.10. The van der Waals surface area contributed by atoms with Crippen LogP contribution in [-0.2, 0) is 0 Å². The molecule has 3 rings (SSSR count). The Labute approximate surface area is 195 Å². The fourth-order valence-electron chi connectivity index (χ4n) is 3.39. The molecule has 2 aromatic rings. The first kappa shape index (κ1) is 23.7. The van der Waals surface area contributed by atoms with Crippen LogP contribution in [-0.4, -0.2) is 41.5 Å². The number of piperidine rings is 1. The predicted molar refractivity (Wildman–Crippen MR) is 131 cm³/mol. The molecule has 32 heavy (non-hydrogen) atoms. The highest BCUT2D eigenvalue weighted by atomic mass is 32.1. The molecule has 2 N–H and O–H groups in total. The minimum atomic E-state index is -0.302. The van der Waals surface area contributed by atoms with Crippen LogP contribution in [0.25, 0.3) is 0 Å². The fraction of sp³-hybridized carbons (Fsp3) is 0.400. The minimum absolute atomic E-state index is 0.0557. The van der Waals surface area contributed by atoms with Crippen LogP contribution in [0.3, 0.4) is 0 Å². The standard InChI is InChI=1S/C25H31N3O3S/c1-17(2)16-31-22-10-6-19(7-11-22)23(29)27-25(32)26-21-8-4-20(5-9-21)24(30)28-14-12-18(3)13-15-28/h4-11,17-18H,12-16H2,1-3H3,(H2,26,27,29,32). The van der Waals surface area contributed by atoms with Gasteiger partial charge in [-0.3, -0.25) is 14.9 Å². The van der Waals surface area contributed by atoms with E-state index in [0.29, 0.717) is 35.3 Å². The van der Waals surface area contributed by atoms with Crippen molar-refractivity contribution in [2.75, 3.05) is 25.0 Å². The minimum Gasteiger partial charge on any atom is -0.493 e. The molecule has 2 aromatic carbocycles. The molecule has 6 nitrogen and oxygen atoms in total. The van der Waals surface area contributed by atoms with E-state index in [0.717, 1.165) is 31.7 Å². The van der Waals surface area contributed by atoms with Gasteiger partial charge in [0.2, 0.25) is 0 Å². The molecular formula is C25H31N3O3S. The number of nitrogens with one attached hydrogen (secondary N) is 2. The molecule has 0 saturated carbocycles. The number of likely N-dealkylation sites (tertiary alicyclic amines) is 1. The van der Waals surface area contributed by atoms with Crippen LogP contribution in [0.4, 0.5) is 5.69 Å². The first-order valence-corrected chi connectivity index (χ1v) is 11.5.